The van der Waals surface area contributed by atoms with Crippen molar-refractivity contribution in [3.63, 3.8) is 0 Å². The lowest BCUT2D eigenvalue weighted by molar-refractivity contribution is -0.137. The van der Waals surface area contributed by atoms with Gasteiger partial charge in [0.25, 0.3) is 0 Å². The van der Waals surface area contributed by atoms with Crippen molar-refractivity contribution < 1.29 is 15.0 Å². The first kappa shape index (κ1) is 6.71. The maximum absolute atomic E-state index is 10.7. The molecule has 3 heteroatoms. The van der Waals surface area contributed by atoms with Gasteiger partial charge in [-0.25, -0.2) is 0 Å². The summed E-state index contributed by atoms with van der Waals surface area (Å²) in [6.45, 7) is 1.44. The molecule has 1 aliphatic carbocycles. The molecular weight excluding hydrogens is 120 g/mol. The van der Waals surface area contributed by atoms with Crippen molar-refractivity contribution in [2.75, 3.05) is 0 Å². The lowest BCUT2D eigenvalue weighted by Gasteiger charge is -2.11. The number of hydrogen-bond donors (Lipinski definition) is 2. The molecule has 1 rings (SSSR count). The number of aliphatic hydroxyl groups is 2. The van der Waals surface area contributed by atoms with E-state index in [2.05, 4.69) is 0 Å². The molecule has 0 aromatic heterocycles. The highest BCUT2D eigenvalue weighted by Gasteiger charge is 2.41. The van der Waals surface area contributed by atoms with Gasteiger partial charge < -0.3 is 10.2 Å². The maximum atomic E-state index is 10.7. The highest BCUT2D eigenvalue weighted by Crippen LogP contribution is 2.25. The van der Waals surface area contributed by atoms with E-state index in [1.807, 2.05) is 0 Å². The number of ketones is 1. The summed E-state index contributed by atoms with van der Waals surface area (Å²) in [5.74, 6) is -0.442. The summed E-state index contributed by atoms with van der Waals surface area (Å²) in [5, 5.41) is 17.9. The van der Waals surface area contributed by atoms with Gasteiger partial charge in [-0.2, -0.15) is 0 Å². The van der Waals surface area contributed by atoms with Gasteiger partial charge in [0.1, 0.15) is 11.7 Å². The van der Waals surface area contributed by atoms with Gasteiger partial charge in [0.15, 0.2) is 5.78 Å². The van der Waals surface area contributed by atoms with Gasteiger partial charge in [-0.05, 0) is 19.8 Å². The third-order valence-electron chi connectivity index (χ3n) is 1.74. The molecular formula is C6H10O3. The molecule has 3 nitrogen and oxygen atoms in total. The zero-order valence-electron chi connectivity index (χ0n) is 5.29. The zero-order valence-corrected chi connectivity index (χ0v) is 5.29. The molecule has 0 heterocycles. The van der Waals surface area contributed by atoms with E-state index < -0.39 is 17.5 Å². The molecule has 0 aliphatic heterocycles. The van der Waals surface area contributed by atoms with Crippen molar-refractivity contribution in [2.24, 2.45) is 0 Å². The van der Waals surface area contributed by atoms with Gasteiger partial charge in [0.05, 0.1) is 0 Å². The van der Waals surface area contributed by atoms with E-state index in [0.29, 0.717) is 12.8 Å². The Morgan fingerprint density at radius 3 is 2.44 bits per heavy atom. The number of carbonyl (C=O) groups excluding carboxylic acids is 1. The predicted octanol–water partition coefficient (Wildman–Crippen LogP) is -0.539. The summed E-state index contributed by atoms with van der Waals surface area (Å²) >= 11 is 0. The summed E-state index contributed by atoms with van der Waals surface area (Å²) in [4.78, 5) is 10.7. The van der Waals surface area contributed by atoms with Crippen LogP contribution in [0.5, 0.6) is 0 Å². The molecule has 9 heavy (non-hydrogen) atoms. The molecule has 52 valence electrons. The normalized spacial score (nSPS) is 43.9. The summed E-state index contributed by atoms with van der Waals surface area (Å²) in [7, 11) is 0. The van der Waals surface area contributed by atoms with Gasteiger partial charge in [0, 0.05) is 0 Å². The number of carbonyl (C=O) groups is 1. The van der Waals surface area contributed by atoms with Gasteiger partial charge in [-0.15, -0.1) is 0 Å². The van der Waals surface area contributed by atoms with E-state index in [-0.39, 0.29) is 0 Å². The molecule has 0 aromatic carbocycles. The Bertz CT molecular complexity index is 139. The first-order chi connectivity index (χ1) is 4.04. The second-order valence-electron chi connectivity index (χ2n) is 2.69. The van der Waals surface area contributed by atoms with Crippen molar-refractivity contribution >= 4 is 5.78 Å². The Labute approximate surface area is 53.3 Å². The molecule has 0 saturated heterocycles. The molecule has 0 spiro atoms. The summed E-state index contributed by atoms with van der Waals surface area (Å²) < 4.78 is 0. The van der Waals surface area contributed by atoms with Crippen LogP contribution in [-0.2, 0) is 4.79 Å². The molecule has 0 bridgehead atoms. The smallest absolute Gasteiger partial charge is 0.192 e. The Balaban J connectivity index is 2.74. The maximum Gasteiger partial charge on any atom is 0.192 e. The van der Waals surface area contributed by atoms with E-state index in [1.165, 1.54) is 6.92 Å². The van der Waals surface area contributed by atoms with Crippen molar-refractivity contribution in [3.05, 3.63) is 0 Å². The Morgan fingerprint density at radius 2 is 2.33 bits per heavy atom. The minimum absolute atomic E-state index is 0.382. The Hall–Kier alpha value is -0.410. The third-order valence-corrected chi connectivity index (χ3v) is 1.74. The monoisotopic (exact) mass is 130 g/mol. The van der Waals surface area contributed by atoms with Crippen LogP contribution in [0.2, 0.25) is 0 Å². The SMILES string of the molecule is C[C@]1(O)CC[C@H](O)C1=O. The zero-order chi connectivity index (χ0) is 7.07. The van der Waals surface area contributed by atoms with Gasteiger partial charge in [-0.3, -0.25) is 4.79 Å². The molecule has 0 unspecified atom stereocenters. The molecule has 1 fully saturated rings. The fourth-order valence-corrected chi connectivity index (χ4v) is 1.03. The average molecular weight is 130 g/mol. The molecule has 1 aliphatic rings. The Kier molecular flexibility index (Phi) is 1.33. The van der Waals surface area contributed by atoms with Crippen LogP contribution >= 0.6 is 0 Å². The molecule has 2 atom stereocenters. The van der Waals surface area contributed by atoms with Crippen LogP contribution in [0.4, 0.5) is 0 Å². The number of Topliss-reactive ketones (excluding diaryl/α,β-unsaturated/α-hetero) is 1. The van der Waals surface area contributed by atoms with Crippen LogP contribution in [0.15, 0.2) is 0 Å². The number of rotatable bonds is 0. The lowest BCUT2D eigenvalue weighted by Crippen LogP contribution is -2.33. The second kappa shape index (κ2) is 1.78. The van der Waals surface area contributed by atoms with Crippen molar-refractivity contribution in [3.8, 4) is 0 Å². The lowest BCUT2D eigenvalue weighted by atomic mass is 10.1. The van der Waals surface area contributed by atoms with Crippen LogP contribution in [0.1, 0.15) is 19.8 Å². The van der Waals surface area contributed by atoms with E-state index in [1.54, 1.807) is 0 Å². The largest absolute Gasteiger partial charge is 0.385 e. The van der Waals surface area contributed by atoms with Gasteiger partial charge >= 0.3 is 0 Å². The first-order valence-corrected chi connectivity index (χ1v) is 2.99. The second-order valence-corrected chi connectivity index (χ2v) is 2.69. The van der Waals surface area contributed by atoms with Crippen LogP contribution in [0, 0.1) is 0 Å². The summed E-state index contributed by atoms with van der Waals surface area (Å²) in [6, 6.07) is 0. The van der Waals surface area contributed by atoms with Gasteiger partial charge in [-0.1, -0.05) is 0 Å². The fraction of sp³-hybridized carbons (Fsp3) is 0.833. The van der Waals surface area contributed by atoms with E-state index >= 15 is 0 Å². The van der Waals surface area contributed by atoms with Gasteiger partial charge in [0.2, 0.25) is 0 Å². The number of hydrogen-bond acceptors (Lipinski definition) is 3. The van der Waals surface area contributed by atoms with Crippen molar-refractivity contribution in [2.45, 2.75) is 31.5 Å². The van der Waals surface area contributed by atoms with E-state index in [0.717, 1.165) is 0 Å². The molecule has 2 N–H and O–H groups in total. The fourth-order valence-electron chi connectivity index (χ4n) is 1.03. The van der Waals surface area contributed by atoms with Crippen molar-refractivity contribution in [1.82, 2.24) is 0 Å². The molecule has 1 saturated carbocycles. The van der Waals surface area contributed by atoms with Crippen LogP contribution in [0.25, 0.3) is 0 Å². The average Bonchev–Trinajstić information content (AvgIpc) is 1.97. The summed E-state index contributed by atoms with van der Waals surface area (Å²) in [6.07, 6.45) is -0.154. The predicted molar refractivity (Wildman–Crippen MR) is 30.9 cm³/mol. The minimum Gasteiger partial charge on any atom is -0.385 e. The van der Waals surface area contributed by atoms with Crippen LogP contribution in [0.3, 0.4) is 0 Å². The summed E-state index contributed by atoms with van der Waals surface area (Å²) in [5.41, 5.74) is -1.26. The van der Waals surface area contributed by atoms with E-state index in [4.69, 9.17) is 10.2 Å². The standard InChI is InChI=1S/C6H10O3/c1-6(9)3-2-4(7)5(6)8/h4,7,9H,2-3H2,1H3/t4-,6-/m0/s1. The number of aliphatic hydroxyl groups excluding tert-OH is 1. The topological polar surface area (TPSA) is 57.5 Å². The van der Waals surface area contributed by atoms with Crippen molar-refractivity contribution in [1.29, 1.82) is 0 Å². The van der Waals surface area contributed by atoms with Crippen LogP contribution in [-0.4, -0.2) is 27.7 Å². The molecule has 0 amide bonds. The highest BCUT2D eigenvalue weighted by molar-refractivity contribution is 5.92. The van der Waals surface area contributed by atoms with Crippen LogP contribution < -0.4 is 0 Å². The molecule has 0 aromatic rings. The third kappa shape index (κ3) is 0.976. The Morgan fingerprint density at radius 1 is 1.78 bits per heavy atom. The molecule has 0 radical (unpaired) electrons. The minimum atomic E-state index is -1.26. The first-order valence-electron chi connectivity index (χ1n) is 2.99. The quantitative estimate of drug-likeness (QED) is 0.463. The van der Waals surface area contributed by atoms with E-state index in [9.17, 15) is 4.79 Å². The highest BCUT2D eigenvalue weighted by atomic mass is 16.3.